The molecule has 1 amide bonds. The summed E-state index contributed by atoms with van der Waals surface area (Å²) in [5.74, 6) is -0.0111. The summed E-state index contributed by atoms with van der Waals surface area (Å²) in [5.41, 5.74) is 0.380. The van der Waals surface area contributed by atoms with Crippen molar-refractivity contribution in [2.75, 3.05) is 5.01 Å². The standard InChI is InChI=1S/C22H16F3N3O4S/c1-13-19(21(29)28(27-13)16-5-8-18(9-6-16)33(26,30)31)12-17-7-10-20(32-17)14-3-2-4-15(11-14)22(23,24)25/h2-12H,1H3,(H2,26,30,31). The summed E-state index contributed by atoms with van der Waals surface area (Å²) in [6.07, 6.45) is -3.04. The van der Waals surface area contributed by atoms with E-state index in [2.05, 4.69) is 5.10 Å². The minimum absolute atomic E-state index is 0.105. The molecule has 2 aromatic carbocycles. The van der Waals surface area contributed by atoms with Gasteiger partial charge in [-0.2, -0.15) is 23.3 Å². The second kappa shape index (κ2) is 8.01. The molecule has 0 spiro atoms. The van der Waals surface area contributed by atoms with E-state index < -0.39 is 27.7 Å². The van der Waals surface area contributed by atoms with Gasteiger partial charge in [0.1, 0.15) is 11.5 Å². The first-order chi connectivity index (χ1) is 15.4. The second-order valence-corrected chi connectivity index (χ2v) is 8.74. The molecular formula is C22H16F3N3O4S. The van der Waals surface area contributed by atoms with E-state index in [1.54, 1.807) is 6.92 Å². The Morgan fingerprint density at radius 3 is 2.39 bits per heavy atom. The van der Waals surface area contributed by atoms with Crippen LogP contribution in [0, 0.1) is 0 Å². The lowest BCUT2D eigenvalue weighted by molar-refractivity contribution is -0.137. The van der Waals surface area contributed by atoms with Gasteiger partial charge in [-0.15, -0.1) is 0 Å². The number of hydrogen-bond donors (Lipinski definition) is 1. The highest BCUT2D eigenvalue weighted by molar-refractivity contribution is 7.89. The van der Waals surface area contributed by atoms with Crippen molar-refractivity contribution in [1.82, 2.24) is 0 Å². The summed E-state index contributed by atoms with van der Waals surface area (Å²) in [4.78, 5) is 12.8. The van der Waals surface area contributed by atoms with Crippen LogP contribution in [0.4, 0.5) is 18.9 Å². The van der Waals surface area contributed by atoms with E-state index in [4.69, 9.17) is 9.56 Å². The van der Waals surface area contributed by atoms with E-state index in [9.17, 15) is 26.4 Å². The average Bonchev–Trinajstić information content (AvgIpc) is 3.33. The molecular weight excluding hydrogens is 459 g/mol. The summed E-state index contributed by atoms with van der Waals surface area (Å²) >= 11 is 0. The zero-order valence-corrected chi connectivity index (χ0v) is 17.8. The van der Waals surface area contributed by atoms with Crippen molar-refractivity contribution in [1.29, 1.82) is 0 Å². The van der Waals surface area contributed by atoms with Gasteiger partial charge in [0.25, 0.3) is 5.91 Å². The molecule has 2 N–H and O–H groups in total. The monoisotopic (exact) mass is 475 g/mol. The number of halogens is 3. The van der Waals surface area contributed by atoms with Gasteiger partial charge in [-0.3, -0.25) is 4.79 Å². The van der Waals surface area contributed by atoms with Crippen LogP contribution in [0.1, 0.15) is 18.2 Å². The second-order valence-electron chi connectivity index (χ2n) is 7.18. The third kappa shape index (κ3) is 4.59. The number of nitrogens with zero attached hydrogens (tertiary/aromatic N) is 2. The lowest BCUT2D eigenvalue weighted by Gasteiger charge is -2.12. The molecule has 0 atom stereocenters. The normalized spacial score (nSPS) is 15.9. The molecule has 4 rings (SSSR count). The van der Waals surface area contributed by atoms with Crippen LogP contribution in [0.2, 0.25) is 0 Å². The molecule has 0 bridgehead atoms. The maximum Gasteiger partial charge on any atom is 0.416 e. The number of hydrogen-bond acceptors (Lipinski definition) is 5. The predicted molar refractivity (Wildman–Crippen MR) is 116 cm³/mol. The van der Waals surface area contributed by atoms with Crippen molar-refractivity contribution in [3.05, 3.63) is 77.6 Å². The third-order valence-corrected chi connectivity index (χ3v) is 5.79. The maximum atomic E-state index is 13.0. The summed E-state index contributed by atoms with van der Waals surface area (Å²) in [6.45, 7) is 1.61. The highest BCUT2D eigenvalue weighted by atomic mass is 32.2. The number of carbonyl (C=O) groups is 1. The van der Waals surface area contributed by atoms with Crippen molar-refractivity contribution in [2.45, 2.75) is 18.0 Å². The van der Waals surface area contributed by atoms with Crippen LogP contribution >= 0.6 is 0 Å². The van der Waals surface area contributed by atoms with Crippen LogP contribution in [0.5, 0.6) is 0 Å². The van der Waals surface area contributed by atoms with Crippen LogP contribution in [-0.4, -0.2) is 20.0 Å². The topological polar surface area (TPSA) is 106 Å². The van der Waals surface area contributed by atoms with E-state index in [-0.39, 0.29) is 27.6 Å². The van der Waals surface area contributed by atoms with Crippen molar-refractivity contribution < 1.29 is 30.8 Å². The number of primary sulfonamides is 1. The number of anilines is 1. The van der Waals surface area contributed by atoms with E-state index in [0.717, 1.165) is 17.1 Å². The van der Waals surface area contributed by atoms with Crippen LogP contribution in [-0.2, 0) is 21.0 Å². The maximum absolute atomic E-state index is 13.0. The molecule has 33 heavy (non-hydrogen) atoms. The lowest BCUT2D eigenvalue weighted by atomic mass is 10.1. The highest BCUT2D eigenvalue weighted by Gasteiger charge is 2.31. The molecule has 0 saturated heterocycles. The fraction of sp³-hybridized carbons (Fsp3) is 0.0909. The van der Waals surface area contributed by atoms with Gasteiger partial charge in [-0.05, 0) is 61.5 Å². The summed E-state index contributed by atoms with van der Waals surface area (Å²) < 4.78 is 67.4. The first-order valence-corrected chi connectivity index (χ1v) is 11.0. The smallest absolute Gasteiger partial charge is 0.416 e. The number of sulfonamides is 1. The van der Waals surface area contributed by atoms with Gasteiger partial charge in [0.2, 0.25) is 10.0 Å². The van der Waals surface area contributed by atoms with E-state index in [1.807, 2.05) is 0 Å². The molecule has 0 aliphatic carbocycles. The van der Waals surface area contributed by atoms with Gasteiger partial charge in [-0.25, -0.2) is 13.6 Å². The Labute approximate surface area is 186 Å². The van der Waals surface area contributed by atoms with E-state index in [1.165, 1.54) is 54.6 Å². The summed E-state index contributed by atoms with van der Waals surface area (Å²) in [5, 5.41) is 10.4. The fourth-order valence-corrected chi connectivity index (χ4v) is 3.73. The van der Waals surface area contributed by atoms with E-state index >= 15 is 0 Å². The molecule has 0 fully saturated rings. The Balaban J connectivity index is 1.59. The minimum atomic E-state index is -4.48. The SMILES string of the molecule is CC1=NN(c2ccc(S(N)(=O)=O)cc2)C(=O)C1=Cc1ccc(-c2cccc(C(F)(F)F)c2)o1. The third-order valence-electron chi connectivity index (χ3n) is 4.86. The molecule has 0 unspecified atom stereocenters. The van der Waals surface area contributed by atoms with Crippen LogP contribution in [0.25, 0.3) is 17.4 Å². The zero-order valence-electron chi connectivity index (χ0n) is 17.0. The minimum Gasteiger partial charge on any atom is -0.457 e. The van der Waals surface area contributed by atoms with Gasteiger partial charge in [0, 0.05) is 5.56 Å². The molecule has 2 heterocycles. The quantitative estimate of drug-likeness (QED) is 0.564. The number of furan rings is 1. The number of benzene rings is 2. The number of rotatable bonds is 4. The Hall–Kier alpha value is -3.70. The molecule has 1 aromatic heterocycles. The number of nitrogens with two attached hydrogens (primary N) is 1. The van der Waals surface area contributed by atoms with Crippen LogP contribution in [0.3, 0.4) is 0 Å². The molecule has 7 nitrogen and oxygen atoms in total. The molecule has 1 aliphatic heterocycles. The van der Waals surface area contributed by atoms with Crippen molar-refractivity contribution in [2.24, 2.45) is 10.2 Å². The Bertz CT molecular complexity index is 1410. The fourth-order valence-electron chi connectivity index (χ4n) is 3.21. The summed E-state index contributed by atoms with van der Waals surface area (Å²) in [7, 11) is -3.88. The van der Waals surface area contributed by atoms with Crippen molar-refractivity contribution in [3.63, 3.8) is 0 Å². The zero-order chi connectivity index (χ0) is 24.0. The Morgan fingerprint density at radius 2 is 1.76 bits per heavy atom. The van der Waals surface area contributed by atoms with Gasteiger partial charge in [-0.1, -0.05) is 12.1 Å². The van der Waals surface area contributed by atoms with Gasteiger partial charge in [0.05, 0.1) is 27.4 Å². The summed E-state index contributed by atoms with van der Waals surface area (Å²) in [6, 6.07) is 13.1. The molecule has 3 aromatic rings. The van der Waals surface area contributed by atoms with Crippen molar-refractivity contribution in [3.8, 4) is 11.3 Å². The van der Waals surface area contributed by atoms with Gasteiger partial charge in [0.15, 0.2) is 0 Å². The molecule has 11 heteroatoms. The molecule has 0 saturated carbocycles. The molecule has 170 valence electrons. The lowest BCUT2D eigenvalue weighted by Crippen LogP contribution is -2.21. The van der Waals surface area contributed by atoms with Crippen molar-refractivity contribution >= 4 is 33.4 Å². The molecule has 0 radical (unpaired) electrons. The number of amides is 1. The average molecular weight is 475 g/mol. The number of alkyl halides is 3. The van der Waals surface area contributed by atoms with E-state index in [0.29, 0.717) is 11.4 Å². The Kier molecular flexibility index (Phi) is 5.46. The first kappa shape index (κ1) is 22.5. The van der Waals surface area contributed by atoms with Crippen LogP contribution < -0.4 is 10.1 Å². The number of carbonyl (C=O) groups excluding carboxylic acids is 1. The molecule has 1 aliphatic rings. The largest absolute Gasteiger partial charge is 0.457 e. The Morgan fingerprint density at radius 1 is 1.06 bits per heavy atom. The first-order valence-electron chi connectivity index (χ1n) is 9.45. The highest BCUT2D eigenvalue weighted by Crippen LogP contribution is 2.33. The predicted octanol–water partition coefficient (Wildman–Crippen LogP) is 4.42. The van der Waals surface area contributed by atoms with Crippen LogP contribution in [0.15, 0.2) is 80.7 Å². The van der Waals surface area contributed by atoms with Gasteiger partial charge < -0.3 is 4.42 Å². The number of hydrazone groups is 1. The van der Waals surface area contributed by atoms with Gasteiger partial charge >= 0.3 is 6.18 Å².